The summed E-state index contributed by atoms with van der Waals surface area (Å²) >= 11 is 0. The van der Waals surface area contributed by atoms with Crippen LogP contribution in [0.15, 0.2) is 31.4 Å². The van der Waals surface area contributed by atoms with Gasteiger partial charge in [0.2, 0.25) is 0 Å². The molecule has 0 radical (unpaired) electrons. The average Bonchev–Trinajstić information content (AvgIpc) is 2.89. The van der Waals surface area contributed by atoms with Crippen LogP contribution in [0.5, 0.6) is 0 Å². The summed E-state index contributed by atoms with van der Waals surface area (Å²) in [5, 5.41) is 4.48. The first-order chi connectivity index (χ1) is 11.1. The molecule has 0 aliphatic carbocycles. The van der Waals surface area contributed by atoms with Crippen molar-refractivity contribution in [1.29, 1.82) is 0 Å². The summed E-state index contributed by atoms with van der Waals surface area (Å²) in [6.45, 7) is 10.7. The van der Waals surface area contributed by atoms with Crippen LogP contribution in [0.3, 0.4) is 0 Å². The molecule has 0 saturated carbocycles. The fraction of sp³-hybridized carbons (Fsp3) is 0.579. The maximum Gasteiger partial charge on any atom is 0.272 e. The van der Waals surface area contributed by atoms with Crippen LogP contribution in [0.4, 0.5) is 0 Å². The first kappa shape index (κ1) is 17.5. The summed E-state index contributed by atoms with van der Waals surface area (Å²) in [6, 6.07) is 1.95. The topological polar surface area (TPSA) is 38.1 Å². The van der Waals surface area contributed by atoms with Crippen LogP contribution in [-0.4, -0.2) is 32.7 Å². The third kappa shape index (κ3) is 3.57. The second kappa shape index (κ2) is 7.62. The lowest BCUT2D eigenvalue weighted by molar-refractivity contribution is 0.0320. The lowest BCUT2D eigenvalue weighted by Gasteiger charge is -2.46. The van der Waals surface area contributed by atoms with Crippen molar-refractivity contribution in [3.05, 3.63) is 42.8 Å². The number of carbonyl (C=O) groups is 1. The van der Waals surface area contributed by atoms with Gasteiger partial charge in [0.05, 0.1) is 11.2 Å². The van der Waals surface area contributed by atoms with Gasteiger partial charge in [-0.1, -0.05) is 25.5 Å². The highest BCUT2D eigenvalue weighted by atomic mass is 16.2. The third-order valence-electron chi connectivity index (χ3n) is 4.80. The normalized spacial score (nSPS) is 17.0. The maximum atomic E-state index is 13.2. The predicted molar refractivity (Wildman–Crippen MR) is 94.4 cm³/mol. The van der Waals surface area contributed by atoms with E-state index in [0.717, 1.165) is 57.2 Å². The minimum absolute atomic E-state index is 0.0887. The number of likely N-dealkylation sites (tertiary alicyclic amines) is 1. The molecule has 0 spiro atoms. The summed E-state index contributed by atoms with van der Waals surface area (Å²) in [4.78, 5) is 15.2. The van der Waals surface area contributed by atoms with Crippen molar-refractivity contribution in [3.8, 4) is 0 Å². The van der Waals surface area contributed by atoms with Gasteiger partial charge in [0.15, 0.2) is 0 Å². The Hall–Kier alpha value is -1.84. The van der Waals surface area contributed by atoms with Gasteiger partial charge in [-0.25, -0.2) is 0 Å². The Morgan fingerprint density at radius 2 is 2.04 bits per heavy atom. The molecule has 0 bridgehead atoms. The van der Waals surface area contributed by atoms with Crippen LogP contribution in [-0.2, 0) is 13.5 Å². The van der Waals surface area contributed by atoms with Gasteiger partial charge in [-0.2, -0.15) is 5.10 Å². The molecule has 4 heteroatoms. The molecular formula is C19H29N3O. The number of aromatic nitrogens is 2. The van der Waals surface area contributed by atoms with E-state index in [1.165, 1.54) is 0 Å². The Kier molecular flexibility index (Phi) is 5.80. The highest BCUT2D eigenvalue weighted by Crippen LogP contribution is 2.36. The van der Waals surface area contributed by atoms with Crippen molar-refractivity contribution in [1.82, 2.24) is 14.7 Å². The lowest BCUT2D eigenvalue weighted by atomic mass is 9.80. The van der Waals surface area contributed by atoms with E-state index in [2.05, 4.69) is 25.2 Å². The Morgan fingerprint density at radius 1 is 1.35 bits per heavy atom. The quantitative estimate of drug-likeness (QED) is 0.716. The van der Waals surface area contributed by atoms with E-state index in [9.17, 15) is 4.79 Å². The van der Waals surface area contributed by atoms with Gasteiger partial charge in [0.1, 0.15) is 5.69 Å². The molecule has 1 saturated heterocycles. The number of nitrogens with zero attached hydrogens (tertiary/aromatic N) is 3. The molecule has 1 amide bonds. The fourth-order valence-electron chi connectivity index (χ4n) is 3.70. The Labute approximate surface area is 139 Å². The summed E-state index contributed by atoms with van der Waals surface area (Å²) in [5.41, 5.74) is 1.51. The lowest BCUT2D eigenvalue weighted by Crippen LogP contribution is -2.54. The Bertz CT molecular complexity index is 563. The average molecular weight is 315 g/mol. The van der Waals surface area contributed by atoms with E-state index in [1.807, 2.05) is 30.2 Å². The molecule has 0 unspecified atom stereocenters. The van der Waals surface area contributed by atoms with Crippen molar-refractivity contribution in [2.24, 2.45) is 7.05 Å². The molecule has 4 nitrogen and oxygen atoms in total. The second-order valence-corrected chi connectivity index (χ2v) is 6.52. The Morgan fingerprint density at radius 3 is 2.65 bits per heavy atom. The first-order valence-corrected chi connectivity index (χ1v) is 8.64. The van der Waals surface area contributed by atoms with Crippen LogP contribution in [0.1, 0.15) is 61.6 Å². The molecule has 2 rings (SSSR count). The van der Waals surface area contributed by atoms with Gasteiger partial charge in [-0.05, 0) is 44.6 Å². The third-order valence-corrected chi connectivity index (χ3v) is 4.80. The Balaban J connectivity index is 2.33. The van der Waals surface area contributed by atoms with Crippen molar-refractivity contribution in [2.75, 3.05) is 6.54 Å². The van der Waals surface area contributed by atoms with E-state index >= 15 is 0 Å². The number of amides is 1. The van der Waals surface area contributed by atoms with Crippen LogP contribution >= 0.6 is 0 Å². The highest BCUT2D eigenvalue weighted by Gasteiger charge is 2.40. The van der Waals surface area contributed by atoms with Gasteiger partial charge >= 0.3 is 0 Å². The van der Waals surface area contributed by atoms with Gasteiger partial charge < -0.3 is 4.90 Å². The molecule has 1 aliphatic rings. The largest absolute Gasteiger partial charge is 0.331 e. The smallest absolute Gasteiger partial charge is 0.272 e. The van der Waals surface area contributed by atoms with E-state index in [1.54, 1.807) is 4.68 Å². The SMILES string of the molecule is C=CCC1(CC=C)CCCCN1C(=O)c1cc(CCC)nn1C. The zero-order chi connectivity index (χ0) is 16.9. The number of hydrogen-bond donors (Lipinski definition) is 0. The fourth-order valence-corrected chi connectivity index (χ4v) is 3.70. The first-order valence-electron chi connectivity index (χ1n) is 8.64. The number of aryl methyl sites for hydroxylation is 2. The number of rotatable bonds is 7. The van der Waals surface area contributed by atoms with E-state index in [4.69, 9.17) is 0 Å². The minimum atomic E-state index is -0.173. The van der Waals surface area contributed by atoms with Crippen molar-refractivity contribution in [2.45, 2.75) is 57.4 Å². The van der Waals surface area contributed by atoms with Crippen molar-refractivity contribution in [3.63, 3.8) is 0 Å². The number of piperidine rings is 1. The molecule has 0 atom stereocenters. The highest BCUT2D eigenvalue weighted by molar-refractivity contribution is 5.93. The van der Waals surface area contributed by atoms with E-state index < -0.39 is 0 Å². The number of hydrogen-bond acceptors (Lipinski definition) is 2. The zero-order valence-corrected chi connectivity index (χ0v) is 14.6. The van der Waals surface area contributed by atoms with Gasteiger partial charge in [-0.15, -0.1) is 13.2 Å². The molecule has 0 N–H and O–H groups in total. The molecule has 1 aromatic heterocycles. The van der Waals surface area contributed by atoms with Gasteiger partial charge in [0.25, 0.3) is 5.91 Å². The van der Waals surface area contributed by atoms with Crippen molar-refractivity contribution < 1.29 is 4.79 Å². The summed E-state index contributed by atoms with van der Waals surface area (Å²) in [6.07, 6.45) is 10.6. The van der Waals surface area contributed by atoms with Crippen LogP contribution < -0.4 is 0 Å². The zero-order valence-electron chi connectivity index (χ0n) is 14.6. The standard InChI is InChI=1S/C19H29N3O/c1-5-10-16-15-17(21(4)20-16)18(23)22-14-9-8-13-19(22,11-6-2)12-7-3/h6-7,15H,2-3,5,8-14H2,1,4H3. The van der Waals surface area contributed by atoms with Gasteiger partial charge in [-0.3, -0.25) is 9.48 Å². The minimum Gasteiger partial charge on any atom is -0.331 e. The monoisotopic (exact) mass is 315 g/mol. The van der Waals surface area contributed by atoms with Crippen LogP contribution in [0.25, 0.3) is 0 Å². The second-order valence-electron chi connectivity index (χ2n) is 6.52. The van der Waals surface area contributed by atoms with Crippen molar-refractivity contribution >= 4 is 5.91 Å². The molecule has 1 aromatic rings. The molecular weight excluding hydrogens is 286 g/mol. The number of carbonyl (C=O) groups excluding carboxylic acids is 1. The summed E-state index contributed by atoms with van der Waals surface area (Å²) in [7, 11) is 1.86. The predicted octanol–water partition coefficient (Wildman–Crippen LogP) is 3.89. The molecule has 2 heterocycles. The molecule has 1 fully saturated rings. The van der Waals surface area contributed by atoms with Gasteiger partial charge in [0, 0.05) is 13.6 Å². The molecule has 0 aromatic carbocycles. The van der Waals surface area contributed by atoms with Crippen LogP contribution in [0.2, 0.25) is 0 Å². The maximum absolute atomic E-state index is 13.2. The molecule has 23 heavy (non-hydrogen) atoms. The van der Waals surface area contributed by atoms with E-state index in [0.29, 0.717) is 5.69 Å². The van der Waals surface area contributed by atoms with E-state index in [-0.39, 0.29) is 11.4 Å². The van der Waals surface area contributed by atoms with Crippen LogP contribution in [0, 0.1) is 0 Å². The summed E-state index contributed by atoms with van der Waals surface area (Å²) < 4.78 is 1.73. The molecule has 126 valence electrons. The molecule has 1 aliphatic heterocycles. The summed E-state index contributed by atoms with van der Waals surface area (Å²) in [5.74, 6) is 0.0887.